The van der Waals surface area contributed by atoms with E-state index in [9.17, 15) is 14.4 Å². The van der Waals surface area contributed by atoms with E-state index >= 15 is 0 Å². The number of aliphatic carboxylic acids is 1. The maximum absolute atomic E-state index is 11.7. The Bertz CT molecular complexity index is 527. The third-order valence-corrected chi connectivity index (χ3v) is 3.69. The number of carboxylic acid groups (broad SMARTS) is 1. The first-order valence-corrected chi connectivity index (χ1v) is 8.97. The first-order valence-electron chi connectivity index (χ1n) is 8.97. The van der Waals surface area contributed by atoms with Crippen molar-refractivity contribution >= 4 is 18.0 Å². The van der Waals surface area contributed by atoms with Crippen molar-refractivity contribution in [3.05, 3.63) is 0 Å². The van der Waals surface area contributed by atoms with Crippen LogP contribution in [-0.2, 0) is 14.3 Å². The van der Waals surface area contributed by atoms with Gasteiger partial charge in [-0.25, -0.2) is 9.59 Å². The van der Waals surface area contributed by atoms with Crippen molar-refractivity contribution in [2.45, 2.75) is 65.1 Å². The highest BCUT2D eigenvalue weighted by atomic mass is 16.6. The lowest BCUT2D eigenvalue weighted by molar-refractivity contribution is -0.143. The molecule has 0 saturated carbocycles. The Morgan fingerprint density at radius 1 is 0.963 bits per heavy atom. The van der Waals surface area contributed by atoms with Gasteiger partial charge in [0.15, 0.2) is 0 Å². The molecule has 9 heteroatoms. The van der Waals surface area contributed by atoms with Gasteiger partial charge in [-0.15, -0.1) is 0 Å². The van der Waals surface area contributed by atoms with Crippen molar-refractivity contribution in [1.29, 1.82) is 0 Å². The van der Waals surface area contributed by atoms with Gasteiger partial charge in [0.1, 0.15) is 11.1 Å². The van der Waals surface area contributed by atoms with E-state index in [1.54, 1.807) is 34.6 Å². The molecule has 0 aliphatic carbocycles. The van der Waals surface area contributed by atoms with Crippen LogP contribution in [0.25, 0.3) is 0 Å². The number of hydrogen-bond acceptors (Lipinski definition) is 6. The van der Waals surface area contributed by atoms with Gasteiger partial charge in [-0.1, -0.05) is 0 Å². The third kappa shape index (κ3) is 10.1. The monoisotopic (exact) mass is 388 g/mol. The molecule has 27 heavy (non-hydrogen) atoms. The van der Waals surface area contributed by atoms with Crippen LogP contribution in [0.15, 0.2) is 0 Å². The molecule has 0 bridgehead atoms. The summed E-state index contributed by atoms with van der Waals surface area (Å²) in [5, 5.41) is 11.0. The van der Waals surface area contributed by atoms with Gasteiger partial charge in [0.05, 0.1) is 5.54 Å². The fourth-order valence-corrected chi connectivity index (χ4v) is 2.03. The van der Waals surface area contributed by atoms with Crippen molar-refractivity contribution in [3.8, 4) is 0 Å². The summed E-state index contributed by atoms with van der Waals surface area (Å²) in [6.07, 6.45) is -0.732. The van der Waals surface area contributed by atoms with Gasteiger partial charge in [0.25, 0.3) is 0 Å². The molecular formula is C18H36N4O5. The predicted octanol–water partition coefficient (Wildman–Crippen LogP) is 0.872. The normalized spacial score (nSPS) is 16.1. The number of nitrogens with one attached hydrogen (secondary N) is 1. The number of alkyl carbamates (subject to hydrolysis) is 1. The molecule has 4 N–H and O–H groups in total. The maximum atomic E-state index is 11.7. The Hall–Kier alpha value is -1.87. The Kier molecular flexibility index (Phi) is 8.72. The minimum absolute atomic E-state index is 0.0561. The Morgan fingerprint density at radius 2 is 1.41 bits per heavy atom. The second-order valence-corrected chi connectivity index (χ2v) is 8.87. The molecule has 0 unspecified atom stereocenters. The minimum atomic E-state index is -1.32. The van der Waals surface area contributed by atoms with Gasteiger partial charge < -0.3 is 30.7 Å². The third-order valence-electron chi connectivity index (χ3n) is 3.69. The number of ether oxygens (including phenoxy) is 1. The second kappa shape index (κ2) is 9.36. The van der Waals surface area contributed by atoms with Gasteiger partial charge in [-0.3, -0.25) is 4.79 Å². The Morgan fingerprint density at radius 3 is 1.74 bits per heavy atom. The van der Waals surface area contributed by atoms with E-state index in [0.717, 1.165) is 26.2 Å². The van der Waals surface area contributed by atoms with E-state index < -0.39 is 28.7 Å². The summed E-state index contributed by atoms with van der Waals surface area (Å²) in [5.41, 5.74) is 3.07. The molecule has 1 saturated heterocycles. The number of carbonyl (C=O) groups is 3. The van der Waals surface area contributed by atoms with Gasteiger partial charge in [-0.05, 0) is 55.5 Å². The lowest BCUT2D eigenvalue weighted by atomic mass is 10.1. The van der Waals surface area contributed by atoms with Crippen LogP contribution in [-0.4, -0.2) is 82.8 Å². The van der Waals surface area contributed by atoms with Crippen LogP contribution >= 0.6 is 0 Å². The van der Waals surface area contributed by atoms with Crippen molar-refractivity contribution in [2.75, 3.05) is 33.2 Å². The average molecular weight is 389 g/mol. The SMILES string of the molecule is CC(C)(C)OC(=O)NC(C)(C)C(=O)O.CN1CCN(C(=O)C(C)(C)N)CC1. The van der Waals surface area contributed by atoms with Crippen LogP contribution in [0.4, 0.5) is 4.79 Å². The van der Waals surface area contributed by atoms with Gasteiger partial charge >= 0.3 is 12.1 Å². The van der Waals surface area contributed by atoms with E-state index in [0.29, 0.717) is 0 Å². The molecule has 1 fully saturated rings. The highest BCUT2D eigenvalue weighted by Crippen LogP contribution is 2.09. The number of rotatable bonds is 3. The van der Waals surface area contributed by atoms with Crippen molar-refractivity contribution < 1.29 is 24.2 Å². The molecule has 2 amide bonds. The smallest absolute Gasteiger partial charge is 0.408 e. The van der Waals surface area contributed by atoms with Gasteiger partial charge in [-0.2, -0.15) is 0 Å². The number of likely N-dealkylation sites (N-methyl/N-ethyl adjacent to an activating group) is 1. The molecular weight excluding hydrogens is 352 g/mol. The van der Waals surface area contributed by atoms with Gasteiger partial charge in [0, 0.05) is 26.2 Å². The van der Waals surface area contributed by atoms with E-state index in [4.69, 9.17) is 15.6 Å². The molecule has 1 aliphatic heterocycles. The first-order chi connectivity index (χ1) is 12.0. The highest BCUT2D eigenvalue weighted by Gasteiger charge is 2.31. The summed E-state index contributed by atoms with van der Waals surface area (Å²) < 4.78 is 4.91. The van der Waals surface area contributed by atoms with E-state index in [2.05, 4.69) is 17.3 Å². The van der Waals surface area contributed by atoms with Crippen LogP contribution in [0.1, 0.15) is 48.5 Å². The summed E-state index contributed by atoms with van der Waals surface area (Å²) in [6.45, 7) is 14.9. The van der Waals surface area contributed by atoms with E-state index in [1.165, 1.54) is 13.8 Å². The Balaban J connectivity index is 0.000000501. The number of nitrogens with two attached hydrogens (primary N) is 1. The molecule has 0 atom stereocenters. The van der Waals surface area contributed by atoms with Crippen molar-refractivity contribution in [3.63, 3.8) is 0 Å². The summed E-state index contributed by atoms with van der Waals surface area (Å²) in [5.74, 6) is -1.05. The zero-order chi connectivity index (χ0) is 21.6. The topological polar surface area (TPSA) is 125 Å². The highest BCUT2D eigenvalue weighted by molar-refractivity contribution is 5.85. The van der Waals surface area contributed by atoms with Gasteiger partial charge in [0.2, 0.25) is 5.91 Å². The molecule has 158 valence electrons. The molecule has 1 aliphatic rings. The number of amides is 2. The van der Waals surface area contributed by atoms with Crippen LogP contribution in [0, 0.1) is 0 Å². The van der Waals surface area contributed by atoms with E-state index in [-0.39, 0.29) is 5.91 Å². The minimum Gasteiger partial charge on any atom is -0.480 e. The average Bonchev–Trinajstić information content (AvgIpc) is 2.44. The lowest BCUT2D eigenvalue weighted by Gasteiger charge is -2.35. The molecule has 0 radical (unpaired) electrons. The fourth-order valence-electron chi connectivity index (χ4n) is 2.03. The quantitative estimate of drug-likeness (QED) is 0.655. The summed E-state index contributed by atoms with van der Waals surface area (Å²) >= 11 is 0. The fraction of sp³-hybridized carbons (Fsp3) is 0.833. The first kappa shape index (κ1) is 25.1. The Labute approximate surface area is 162 Å². The zero-order valence-electron chi connectivity index (χ0n) is 17.9. The predicted molar refractivity (Wildman–Crippen MR) is 103 cm³/mol. The summed E-state index contributed by atoms with van der Waals surface area (Å²) in [7, 11) is 2.06. The summed E-state index contributed by atoms with van der Waals surface area (Å²) in [4.78, 5) is 37.6. The van der Waals surface area contributed by atoms with Crippen LogP contribution in [0.5, 0.6) is 0 Å². The maximum Gasteiger partial charge on any atom is 0.408 e. The standard InChI is InChI=1S/C9H19N3O.C9H17NO4/c1-9(2,10)8(13)12-6-4-11(3)5-7-12;1-8(2,3)14-7(13)10-9(4,5)6(11)12/h4-7,10H2,1-3H3;1-5H3,(H,10,13)(H,11,12). The molecule has 9 nitrogen and oxygen atoms in total. The lowest BCUT2D eigenvalue weighted by Crippen LogP contribution is -2.56. The van der Waals surface area contributed by atoms with Crippen LogP contribution in [0.2, 0.25) is 0 Å². The molecule has 1 heterocycles. The van der Waals surface area contributed by atoms with Crippen molar-refractivity contribution in [2.24, 2.45) is 5.73 Å². The van der Waals surface area contributed by atoms with E-state index in [1.807, 2.05) is 4.90 Å². The largest absolute Gasteiger partial charge is 0.480 e. The number of carbonyl (C=O) groups excluding carboxylic acids is 2. The number of nitrogens with zero attached hydrogens (tertiary/aromatic N) is 2. The number of carboxylic acids is 1. The number of hydrogen-bond donors (Lipinski definition) is 3. The second-order valence-electron chi connectivity index (χ2n) is 8.87. The van der Waals surface area contributed by atoms with Crippen molar-refractivity contribution in [1.82, 2.24) is 15.1 Å². The molecule has 0 spiro atoms. The molecule has 0 aromatic carbocycles. The molecule has 1 rings (SSSR count). The number of piperazine rings is 1. The summed E-state index contributed by atoms with van der Waals surface area (Å²) in [6, 6.07) is 0. The van der Waals surface area contributed by atoms with Crippen LogP contribution in [0.3, 0.4) is 0 Å². The molecule has 0 aromatic heterocycles. The zero-order valence-corrected chi connectivity index (χ0v) is 17.9. The molecule has 0 aromatic rings. The van der Waals surface area contributed by atoms with Crippen LogP contribution < -0.4 is 11.1 Å².